The standard InChI is InChI=1S/C12H19ClN2O2/c1-3-4-9-7-12(16,5-6-17-9)11-10(13)8-14-15(11)2/h8-9,16H,3-7H2,1-2H3. The van der Waals surface area contributed by atoms with Crippen LogP contribution in [-0.4, -0.2) is 27.6 Å². The highest BCUT2D eigenvalue weighted by Gasteiger charge is 2.40. The zero-order valence-corrected chi connectivity index (χ0v) is 11.1. The fourth-order valence-electron chi connectivity index (χ4n) is 2.59. The second-order valence-electron chi connectivity index (χ2n) is 4.73. The fourth-order valence-corrected chi connectivity index (χ4v) is 2.93. The molecular weight excluding hydrogens is 240 g/mol. The van der Waals surface area contributed by atoms with Gasteiger partial charge in [-0.2, -0.15) is 5.10 Å². The molecule has 0 radical (unpaired) electrons. The molecule has 1 aromatic rings. The summed E-state index contributed by atoms with van der Waals surface area (Å²) < 4.78 is 7.32. The largest absolute Gasteiger partial charge is 0.383 e. The van der Waals surface area contributed by atoms with E-state index in [1.54, 1.807) is 10.9 Å². The summed E-state index contributed by atoms with van der Waals surface area (Å²) in [5.41, 5.74) is -0.191. The third-order valence-electron chi connectivity index (χ3n) is 3.38. The lowest BCUT2D eigenvalue weighted by Crippen LogP contribution is -2.40. The van der Waals surface area contributed by atoms with Gasteiger partial charge in [0.1, 0.15) is 5.60 Å². The number of ether oxygens (including phenoxy) is 1. The molecule has 1 aliphatic rings. The average Bonchev–Trinajstić information content (AvgIpc) is 2.59. The summed E-state index contributed by atoms with van der Waals surface area (Å²) in [6.45, 7) is 2.69. The third kappa shape index (κ3) is 2.49. The molecule has 0 aromatic carbocycles. The van der Waals surface area contributed by atoms with Gasteiger partial charge in [-0.05, 0) is 6.42 Å². The number of aliphatic hydroxyl groups is 1. The van der Waals surface area contributed by atoms with E-state index in [0.717, 1.165) is 12.8 Å². The summed E-state index contributed by atoms with van der Waals surface area (Å²) in [5, 5.41) is 15.4. The van der Waals surface area contributed by atoms with E-state index in [4.69, 9.17) is 16.3 Å². The summed E-state index contributed by atoms with van der Waals surface area (Å²) in [6.07, 6.45) is 4.90. The Bertz CT molecular complexity index is 372. The van der Waals surface area contributed by atoms with Crippen molar-refractivity contribution >= 4 is 11.6 Å². The van der Waals surface area contributed by atoms with Crippen LogP contribution in [0, 0.1) is 0 Å². The highest BCUT2D eigenvalue weighted by Crippen LogP contribution is 2.38. The van der Waals surface area contributed by atoms with Crippen LogP contribution in [0.2, 0.25) is 5.02 Å². The third-order valence-corrected chi connectivity index (χ3v) is 3.66. The van der Waals surface area contributed by atoms with Gasteiger partial charge in [0.05, 0.1) is 29.6 Å². The zero-order valence-electron chi connectivity index (χ0n) is 10.3. The number of aromatic nitrogens is 2. The molecule has 4 nitrogen and oxygen atoms in total. The monoisotopic (exact) mass is 258 g/mol. The first-order valence-electron chi connectivity index (χ1n) is 6.09. The van der Waals surface area contributed by atoms with Gasteiger partial charge in [0.2, 0.25) is 0 Å². The van der Waals surface area contributed by atoms with E-state index in [2.05, 4.69) is 12.0 Å². The molecule has 5 heteroatoms. The van der Waals surface area contributed by atoms with Crippen LogP contribution < -0.4 is 0 Å². The van der Waals surface area contributed by atoms with Crippen LogP contribution in [0.1, 0.15) is 38.3 Å². The van der Waals surface area contributed by atoms with Gasteiger partial charge in [-0.15, -0.1) is 0 Å². The van der Waals surface area contributed by atoms with E-state index >= 15 is 0 Å². The Morgan fingerprint density at radius 2 is 2.47 bits per heavy atom. The van der Waals surface area contributed by atoms with Crippen LogP contribution in [0.3, 0.4) is 0 Å². The molecule has 96 valence electrons. The maximum Gasteiger partial charge on any atom is 0.112 e. The van der Waals surface area contributed by atoms with Crippen LogP contribution in [0.25, 0.3) is 0 Å². The Morgan fingerprint density at radius 1 is 1.71 bits per heavy atom. The number of hydrogen-bond acceptors (Lipinski definition) is 3. The molecule has 2 unspecified atom stereocenters. The fraction of sp³-hybridized carbons (Fsp3) is 0.750. The quantitative estimate of drug-likeness (QED) is 0.905. The van der Waals surface area contributed by atoms with Gasteiger partial charge in [-0.3, -0.25) is 4.68 Å². The minimum atomic E-state index is -0.902. The van der Waals surface area contributed by atoms with Crippen LogP contribution >= 0.6 is 11.6 Å². The van der Waals surface area contributed by atoms with Crippen molar-refractivity contribution in [1.29, 1.82) is 0 Å². The summed E-state index contributed by atoms with van der Waals surface area (Å²) in [6, 6.07) is 0. The molecule has 0 saturated carbocycles. The summed E-state index contributed by atoms with van der Waals surface area (Å²) in [7, 11) is 1.81. The van der Waals surface area contributed by atoms with Crippen molar-refractivity contribution in [2.75, 3.05) is 6.61 Å². The van der Waals surface area contributed by atoms with Gasteiger partial charge in [-0.25, -0.2) is 0 Å². The lowest BCUT2D eigenvalue weighted by Gasteiger charge is -2.37. The number of rotatable bonds is 3. The van der Waals surface area contributed by atoms with Gasteiger partial charge in [0.15, 0.2) is 0 Å². The summed E-state index contributed by atoms with van der Waals surface area (Å²) in [4.78, 5) is 0. The number of nitrogens with zero attached hydrogens (tertiary/aromatic N) is 2. The topological polar surface area (TPSA) is 47.3 Å². The molecule has 2 rings (SSSR count). The molecule has 1 aliphatic heterocycles. The average molecular weight is 259 g/mol. The van der Waals surface area contributed by atoms with Crippen LogP contribution in [0.5, 0.6) is 0 Å². The predicted molar refractivity (Wildman–Crippen MR) is 66.0 cm³/mol. The maximum absolute atomic E-state index is 10.8. The molecule has 0 aliphatic carbocycles. The molecule has 2 atom stereocenters. The summed E-state index contributed by atoms with van der Waals surface area (Å²) in [5.74, 6) is 0. The van der Waals surface area contributed by atoms with E-state index in [1.165, 1.54) is 0 Å². The Hall–Kier alpha value is -0.580. The first-order chi connectivity index (χ1) is 8.07. The number of hydrogen-bond donors (Lipinski definition) is 1. The molecule has 1 saturated heterocycles. The SMILES string of the molecule is CCCC1CC(O)(c2c(Cl)cnn2C)CCO1. The molecule has 1 N–H and O–H groups in total. The van der Waals surface area contributed by atoms with Gasteiger partial charge < -0.3 is 9.84 Å². The molecule has 0 bridgehead atoms. The Labute approximate surface area is 107 Å². The Kier molecular flexibility index (Phi) is 3.76. The lowest BCUT2D eigenvalue weighted by atomic mass is 9.86. The molecule has 0 spiro atoms. The van der Waals surface area contributed by atoms with Gasteiger partial charge in [0.25, 0.3) is 0 Å². The van der Waals surface area contributed by atoms with E-state index in [0.29, 0.717) is 30.2 Å². The predicted octanol–water partition coefficient (Wildman–Crippen LogP) is 2.24. The minimum absolute atomic E-state index is 0.115. The highest BCUT2D eigenvalue weighted by molar-refractivity contribution is 6.31. The second kappa shape index (κ2) is 4.96. The maximum atomic E-state index is 10.8. The van der Waals surface area contributed by atoms with Crippen molar-refractivity contribution in [3.05, 3.63) is 16.9 Å². The van der Waals surface area contributed by atoms with Gasteiger partial charge in [-0.1, -0.05) is 24.9 Å². The van der Waals surface area contributed by atoms with Crippen molar-refractivity contribution in [3.63, 3.8) is 0 Å². The highest BCUT2D eigenvalue weighted by atomic mass is 35.5. The normalized spacial score (nSPS) is 29.5. The van der Waals surface area contributed by atoms with Crippen molar-refractivity contribution in [3.8, 4) is 0 Å². The smallest absolute Gasteiger partial charge is 0.112 e. The van der Waals surface area contributed by atoms with Crippen LogP contribution in [0.4, 0.5) is 0 Å². The molecule has 17 heavy (non-hydrogen) atoms. The van der Waals surface area contributed by atoms with Crippen LogP contribution in [0.15, 0.2) is 6.20 Å². The van der Waals surface area contributed by atoms with Gasteiger partial charge >= 0.3 is 0 Å². The second-order valence-corrected chi connectivity index (χ2v) is 5.14. The molecule has 1 aromatic heterocycles. The van der Waals surface area contributed by atoms with Crippen molar-refractivity contribution in [2.24, 2.45) is 7.05 Å². The van der Waals surface area contributed by atoms with Crippen molar-refractivity contribution in [1.82, 2.24) is 9.78 Å². The van der Waals surface area contributed by atoms with E-state index < -0.39 is 5.60 Å². The molecular formula is C12H19ClN2O2. The molecule has 0 amide bonds. The van der Waals surface area contributed by atoms with Crippen molar-refractivity contribution < 1.29 is 9.84 Å². The first-order valence-corrected chi connectivity index (χ1v) is 6.46. The van der Waals surface area contributed by atoms with E-state index in [1.807, 2.05) is 7.05 Å². The Balaban J connectivity index is 2.23. The minimum Gasteiger partial charge on any atom is -0.383 e. The van der Waals surface area contributed by atoms with Crippen molar-refractivity contribution in [2.45, 2.75) is 44.3 Å². The van der Waals surface area contributed by atoms with Crippen LogP contribution in [-0.2, 0) is 17.4 Å². The Morgan fingerprint density at radius 3 is 3.06 bits per heavy atom. The first kappa shape index (κ1) is 12.9. The molecule has 2 heterocycles. The van der Waals surface area contributed by atoms with Gasteiger partial charge in [0, 0.05) is 19.9 Å². The molecule has 1 fully saturated rings. The lowest BCUT2D eigenvalue weighted by molar-refractivity contribution is -0.113. The summed E-state index contributed by atoms with van der Waals surface area (Å²) >= 11 is 6.11. The number of aryl methyl sites for hydroxylation is 1. The number of halogens is 1. The van der Waals surface area contributed by atoms with E-state index in [-0.39, 0.29) is 6.10 Å². The van der Waals surface area contributed by atoms with E-state index in [9.17, 15) is 5.11 Å². The zero-order chi connectivity index (χ0) is 12.5.